The molecule has 7 nitrogen and oxygen atoms in total. The predicted octanol–water partition coefficient (Wildman–Crippen LogP) is 2.66. The molecule has 0 N–H and O–H groups in total. The fourth-order valence-corrected chi connectivity index (χ4v) is 5.42. The number of aromatic nitrogens is 2. The lowest BCUT2D eigenvalue weighted by molar-refractivity contribution is -0.182. The number of aryl methyl sites for hydroxylation is 2. The molecular formula is C25H32N4O3. The van der Waals surface area contributed by atoms with Crippen LogP contribution in [-0.4, -0.2) is 63.4 Å². The summed E-state index contributed by atoms with van der Waals surface area (Å²) in [6.07, 6.45) is 8.03. The monoisotopic (exact) mass is 436 g/mol. The van der Waals surface area contributed by atoms with Gasteiger partial charge in [-0.3, -0.25) is 9.59 Å². The van der Waals surface area contributed by atoms with E-state index < -0.39 is 11.7 Å². The number of piperidine rings is 1. The Morgan fingerprint density at radius 3 is 2.59 bits per heavy atom. The largest absolute Gasteiger partial charge is 0.352 e. The van der Waals surface area contributed by atoms with Gasteiger partial charge in [0.25, 0.3) is 5.91 Å². The number of carbonyl (C=O) groups excluding carboxylic acids is 2. The second-order valence-electron chi connectivity index (χ2n) is 9.34. The maximum absolute atomic E-state index is 13.1. The molecule has 32 heavy (non-hydrogen) atoms. The van der Waals surface area contributed by atoms with Gasteiger partial charge in [-0.2, -0.15) is 0 Å². The number of hydrogen-bond acceptors (Lipinski definition) is 4. The standard InChI is InChI=1S/C25H32N4O3/c1-19-6-2-3-7-20(19)8-9-22(30)27-15-10-25(11-16-27)24-26-12-17-29(24)18-21(32-25)23(31)28-13-4-5-14-28/h2-3,6-7,12,17,21H,4-5,8-11,13-16,18H2,1H3. The van der Waals surface area contributed by atoms with Gasteiger partial charge in [0.15, 0.2) is 6.10 Å². The van der Waals surface area contributed by atoms with Gasteiger partial charge in [0.05, 0.1) is 6.54 Å². The number of nitrogens with zero attached hydrogens (tertiary/aromatic N) is 4. The van der Waals surface area contributed by atoms with Gasteiger partial charge in [-0.25, -0.2) is 4.98 Å². The highest BCUT2D eigenvalue weighted by Gasteiger charge is 2.48. The fourth-order valence-electron chi connectivity index (χ4n) is 5.42. The average molecular weight is 437 g/mol. The van der Waals surface area contributed by atoms with Crippen molar-refractivity contribution >= 4 is 11.8 Å². The molecule has 3 aliphatic rings. The quantitative estimate of drug-likeness (QED) is 0.739. The van der Waals surface area contributed by atoms with Gasteiger partial charge in [0.1, 0.15) is 11.4 Å². The molecular weight excluding hydrogens is 404 g/mol. The van der Waals surface area contributed by atoms with Gasteiger partial charge >= 0.3 is 0 Å². The third-order valence-electron chi connectivity index (χ3n) is 7.34. The molecule has 5 rings (SSSR count). The molecule has 2 aromatic rings. The number of carbonyl (C=O) groups is 2. The molecule has 2 saturated heterocycles. The number of fused-ring (bicyclic) bond motifs is 2. The number of hydrogen-bond donors (Lipinski definition) is 0. The number of likely N-dealkylation sites (tertiary alicyclic amines) is 2. The Bertz CT molecular complexity index is 987. The summed E-state index contributed by atoms with van der Waals surface area (Å²) >= 11 is 0. The molecule has 7 heteroatoms. The van der Waals surface area contributed by atoms with E-state index in [2.05, 4.69) is 28.6 Å². The maximum Gasteiger partial charge on any atom is 0.253 e. The molecule has 0 radical (unpaired) electrons. The van der Waals surface area contributed by atoms with Gasteiger partial charge in [-0.1, -0.05) is 24.3 Å². The summed E-state index contributed by atoms with van der Waals surface area (Å²) in [6.45, 7) is 5.52. The SMILES string of the molecule is Cc1ccccc1CCC(=O)N1CCC2(CC1)OC(C(=O)N1CCCC1)Cn1ccnc12. The Hall–Kier alpha value is -2.67. The molecule has 170 valence electrons. The van der Waals surface area contributed by atoms with Crippen LogP contribution in [0.4, 0.5) is 0 Å². The number of rotatable bonds is 4. The highest BCUT2D eigenvalue weighted by molar-refractivity contribution is 5.81. The first-order chi connectivity index (χ1) is 15.6. The molecule has 1 aromatic heterocycles. The van der Waals surface area contributed by atoms with Crippen molar-refractivity contribution in [2.75, 3.05) is 26.2 Å². The van der Waals surface area contributed by atoms with Crippen molar-refractivity contribution in [1.29, 1.82) is 0 Å². The van der Waals surface area contributed by atoms with Gasteiger partial charge in [0, 0.05) is 57.8 Å². The first-order valence-corrected chi connectivity index (χ1v) is 11.9. The first kappa shape index (κ1) is 21.2. The van der Waals surface area contributed by atoms with Gasteiger partial charge in [-0.15, -0.1) is 0 Å². The summed E-state index contributed by atoms with van der Waals surface area (Å²) in [4.78, 5) is 34.5. The number of imidazole rings is 1. The molecule has 2 fully saturated rings. The first-order valence-electron chi connectivity index (χ1n) is 11.9. The Morgan fingerprint density at radius 1 is 1.09 bits per heavy atom. The van der Waals surface area contributed by atoms with Crippen LogP contribution in [0, 0.1) is 6.92 Å². The minimum atomic E-state index is -0.589. The molecule has 0 aliphatic carbocycles. The van der Waals surface area contributed by atoms with Crippen molar-refractivity contribution in [3.05, 3.63) is 53.6 Å². The maximum atomic E-state index is 13.1. The van der Waals surface area contributed by atoms with Gasteiger partial charge in [-0.05, 0) is 37.3 Å². The minimum Gasteiger partial charge on any atom is -0.352 e. The molecule has 1 spiro atoms. The van der Waals surface area contributed by atoms with Gasteiger partial charge in [0.2, 0.25) is 5.91 Å². The van der Waals surface area contributed by atoms with Crippen molar-refractivity contribution in [1.82, 2.24) is 19.4 Å². The summed E-state index contributed by atoms with van der Waals surface area (Å²) in [5.74, 6) is 1.18. The summed E-state index contributed by atoms with van der Waals surface area (Å²) in [5.41, 5.74) is 1.87. The van der Waals surface area contributed by atoms with Crippen LogP contribution in [0.3, 0.4) is 0 Å². The Labute approximate surface area is 189 Å². The topological polar surface area (TPSA) is 67.7 Å². The normalized spacial score (nSPS) is 22.2. The van der Waals surface area contributed by atoms with Crippen LogP contribution < -0.4 is 0 Å². The molecule has 0 bridgehead atoms. The molecule has 0 saturated carbocycles. The summed E-state index contributed by atoms with van der Waals surface area (Å²) in [7, 11) is 0. The van der Waals surface area contributed by atoms with Crippen molar-refractivity contribution in [3.63, 3.8) is 0 Å². The highest BCUT2D eigenvalue weighted by Crippen LogP contribution is 2.40. The molecule has 1 atom stereocenters. The smallest absolute Gasteiger partial charge is 0.253 e. The van der Waals surface area contributed by atoms with E-state index in [9.17, 15) is 9.59 Å². The molecule has 3 aliphatic heterocycles. The predicted molar refractivity (Wildman–Crippen MR) is 120 cm³/mol. The minimum absolute atomic E-state index is 0.0953. The lowest BCUT2D eigenvalue weighted by Gasteiger charge is -2.46. The molecule has 1 aromatic carbocycles. The van der Waals surface area contributed by atoms with E-state index >= 15 is 0 Å². The second kappa shape index (κ2) is 8.70. The van der Waals surface area contributed by atoms with Crippen molar-refractivity contribution in [2.24, 2.45) is 0 Å². The molecule has 1 unspecified atom stereocenters. The van der Waals surface area contributed by atoms with Crippen LogP contribution >= 0.6 is 0 Å². The van der Waals surface area contributed by atoms with Crippen LogP contribution in [0.5, 0.6) is 0 Å². The van der Waals surface area contributed by atoms with E-state index in [-0.39, 0.29) is 11.8 Å². The van der Waals surface area contributed by atoms with Crippen molar-refractivity contribution < 1.29 is 14.3 Å². The van der Waals surface area contributed by atoms with Gasteiger partial charge < -0.3 is 19.1 Å². The van der Waals surface area contributed by atoms with E-state index in [0.29, 0.717) is 38.9 Å². The Morgan fingerprint density at radius 2 is 1.84 bits per heavy atom. The summed E-state index contributed by atoms with van der Waals surface area (Å²) in [6, 6.07) is 8.24. The zero-order chi connectivity index (χ0) is 22.1. The lowest BCUT2D eigenvalue weighted by Crippen LogP contribution is -2.55. The molecule has 2 amide bonds. The van der Waals surface area contributed by atoms with Crippen LogP contribution in [0.25, 0.3) is 0 Å². The third-order valence-corrected chi connectivity index (χ3v) is 7.34. The summed E-state index contributed by atoms with van der Waals surface area (Å²) in [5, 5.41) is 0. The van der Waals surface area contributed by atoms with Crippen LogP contribution in [0.2, 0.25) is 0 Å². The van der Waals surface area contributed by atoms with Crippen LogP contribution in [0.1, 0.15) is 49.1 Å². The Kier molecular flexibility index (Phi) is 5.76. The fraction of sp³-hybridized carbons (Fsp3) is 0.560. The van der Waals surface area contributed by atoms with Crippen LogP contribution in [0.15, 0.2) is 36.7 Å². The average Bonchev–Trinajstić information content (AvgIpc) is 3.51. The van der Waals surface area contributed by atoms with E-state index in [0.717, 1.165) is 38.2 Å². The molecule has 4 heterocycles. The van der Waals surface area contributed by atoms with Crippen LogP contribution in [-0.2, 0) is 32.9 Å². The number of ether oxygens (including phenoxy) is 1. The lowest BCUT2D eigenvalue weighted by atomic mass is 9.88. The van der Waals surface area contributed by atoms with E-state index in [1.54, 1.807) is 6.20 Å². The number of benzene rings is 1. The van der Waals surface area contributed by atoms with E-state index in [1.807, 2.05) is 28.1 Å². The second-order valence-corrected chi connectivity index (χ2v) is 9.34. The third kappa shape index (κ3) is 3.94. The zero-order valence-electron chi connectivity index (χ0n) is 18.8. The van der Waals surface area contributed by atoms with Crippen molar-refractivity contribution in [3.8, 4) is 0 Å². The van der Waals surface area contributed by atoms with Crippen molar-refractivity contribution in [2.45, 2.75) is 63.7 Å². The van der Waals surface area contributed by atoms with E-state index in [1.165, 1.54) is 11.1 Å². The summed E-state index contributed by atoms with van der Waals surface area (Å²) < 4.78 is 8.62. The highest BCUT2D eigenvalue weighted by atomic mass is 16.5. The Balaban J connectivity index is 1.24. The van der Waals surface area contributed by atoms with E-state index in [4.69, 9.17) is 4.74 Å². The zero-order valence-corrected chi connectivity index (χ0v) is 18.8. The number of amides is 2.